The van der Waals surface area contributed by atoms with Crippen LogP contribution in [0.25, 0.3) is 0 Å². The molecule has 0 aromatic heterocycles. The lowest BCUT2D eigenvalue weighted by Gasteiger charge is -2.26. The minimum absolute atomic E-state index is 0.0575. The highest BCUT2D eigenvalue weighted by Gasteiger charge is 2.47. The molecule has 0 radical (unpaired) electrons. The van der Waals surface area contributed by atoms with Crippen molar-refractivity contribution in [2.24, 2.45) is 5.92 Å². The summed E-state index contributed by atoms with van der Waals surface area (Å²) in [6.07, 6.45) is 3.69. The molecule has 3 rings (SSSR count). The molecule has 1 saturated carbocycles. The summed E-state index contributed by atoms with van der Waals surface area (Å²) in [6, 6.07) is 6.38. The fraction of sp³-hybridized carbons (Fsp3) is 0.444. The largest absolute Gasteiger partial charge is 0.438 e. The van der Waals surface area contributed by atoms with Crippen molar-refractivity contribution in [3.8, 4) is 0 Å². The number of nitrogens with zero attached hydrogens (tertiary/aromatic N) is 1. The van der Waals surface area contributed by atoms with Crippen molar-refractivity contribution in [3.63, 3.8) is 0 Å². The van der Waals surface area contributed by atoms with Gasteiger partial charge in [-0.3, -0.25) is 0 Å². The summed E-state index contributed by atoms with van der Waals surface area (Å²) in [5, 5.41) is 0. The van der Waals surface area contributed by atoms with Crippen LogP contribution >= 0.6 is 0 Å². The third-order valence-corrected chi connectivity index (χ3v) is 6.39. The highest BCUT2D eigenvalue weighted by molar-refractivity contribution is 7.89. The number of carbonyl (C=O) groups excluding carboxylic acids is 1. The molecular formula is C18H21NO4S. The van der Waals surface area contributed by atoms with Crippen LogP contribution in [-0.2, 0) is 14.8 Å². The molecule has 0 spiro atoms. The van der Waals surface area contributed by atoms with E-state index in [1.54, 1.807) is 12.1 Å². The molecule has 1 unspecified atom stereocenters. The molecule has 2 aliphatic rings. The van der Waals surface area contributed by atoms with Crippen LogP contribution in [-0.4, -0.2) is 24.9 Å². The number of rotatable bonds is 3. The Morgan fingerprint density at radius 3 is 2.38 bits per heavy atom. The SMILES string of the molecule is C=C=C1C(C2CCCCC2)OC(=O)N1S(=O)(=O)c1ccc(C)cc1. The molecule has 1 amide bonds. The number of amides is 1. The summed E-state index contributed by atoms with van der Waals surface area (Å²) >= 11 is 0. The Bertz CT molecular complexity index is 785. The van der Waals surface area contributed by atoms with Crippen LogP contribution in [0.5, 0.6) is 0 Å². The normalized spacial score (nSPS) is 22.4. The summed E-state index contributed by atoms with van der Waals surface area (Å²) in [5.74, 6) is 0.130. The molecule has 0 bridgehead atoms. The van der Waals surface area contributed by atoms with Gasteiger partial charge in [-0.05, 0) is 31.9 Å². The molecule has 1 saturated heterocycles. The van der Waals surface area contributed by atoms with Crippen molar-refractivity contribution in [1.82, 2.24) is 4.31 Å². The zero-order valence-electron chi connectivity index (χ0n) is 13.7. The van der Waals surface area contributed by atoms with E-state index in [0.29, 0.717) is 0 Å². The molecule has 0 N–H and O–H groups in total. The molecule has 1 aliphatic carbocycles. The van der Waals surface area contributed by atoms with Gasteiger partial charge in [0.1, 0.15) is 5.70 Å². The number of sulfonamides is 1. The standard InChI is InChI=1S/C18H21NO4S/c1-3-16-17(14-7-5-4-6-8-14)23-18(20)19(16)24(21,22)15-11-9-13(2)10-12-15/h9-12,14,17H,1,4-8H2,2H3. The minimum atomic E-state index is -4.02. The summed E-state index contributed by atoms with van der Waals surface area (Å²) < 4.78 is 31.9. The van der Waals surface area contributed by atoms with Gasteiger partial charge in [-0.25, -0.2) is 13.2 Å². The zero-order chi connectivity index (χ0) is 17.3. The highest BCUT2D eigenvalue weighted by atomic mass is 32.2. The first-order valence-corrected chi connectivity index (χ1v) is 9.61. The lowest BCUT2D eigenvalue weighted by atomic mass is 9.84. The first-order chi connectivity index (χ1) is 11.4. The van der Waals surface area contributed by atoms with E-state index < -0.39 is 22.2 Å². The predicted molar refractivity (Wildman–Crippen MR) is 89.7 cm³/mol. The van der Waals surface area contributed by atoms with Gasteiger partial charge < -0.3 is 4.74 Å². The van der Waals surface area contributed by atoms with Crippen molar-refractivity contribution in [2.75, 3.05) is 0 Å². The van der Waals surface area contributed by atoms with E-state index in [0.717, 1.165) is 42.0 Å². The Hall–Kier alpha value is -2.04. The van der Waals surface area contributed by atoms with Gasteiger partial charge in [-0.1, -0.05) is 43.5 Å². The summed E-state index contributed by atoms with van der Waals surface area (Å²) in [5.41, 5.74) is 3.80. The van der Waals surface area contributed by atoms with Gasteiger partial charge in [0.2, 0.25) is 0 Å². The number of ether oxygens (including phenoxy) is 1. The Morgan fingerprint density at radius 2 is 1.79 bits per heavy atom. The summed E-state index contributed by atoms with van der Waals surface area (Å²) in [7, 11) is -4.02. The number of cyclic esters (lactones) is 1. The lowest BCUT2D eigenvalue weighted by molar-refractivity contribution is 0.0963. The lowest BCUT2D eigenvalue weighted by Crippen LogP contribution is -2.31. The Balaban J connectivity index is 1.96. The third-order valence-electron chi connectivity index (χ3n) is 4.70. The minimum Gasteiger partial charge on any atom is -0.438 e. The summed E-state index contributed by atoms with van der Waals surface area (Å²) in [6.45, 7) is 5.46. The molecular weight excluding hydrogens is 326 g/mol. The first kappa shape index (κ1) is 16.8. The molecule has 5 nitrogen and oxygen atoms in total. The fourth-order valence-electron chi connectivity index (χ4n) is 3.40. The van der Waals surface area contributed by atoms with Crippen molar-refractivity contribution >= 4 is 16.1 Å². The number of aryl methyl sites for hydroxylation is 1. The molecule has 128 valence electrons. The van der Waals surface area contributed by atoms with Crippen molar-refractivity contribution in [3.05, 3.63) is 47.8 Å². The number of hydrogen-bond acceptors (Lipinski definition) is 4. The Morgan fingerprint density at radius 1 is 1.17 bits per heavy atom. The van der Waals surface area contributed by atoms with Gasteiger partial charge >= 0.3 is 6.09 Å². The third kappa shape index (κ3) is 2.87. The molecule has 1 atom stereocenters. The van der Waals surface area contributed by atoms with Crippen LogP contribution in [0.2, 0.25) is 0 Å². The summed E-state index contributed by atoms with van der Waals surface area (Å²) in [4.78, 5) is 12.4. The highest BCUT2D eigenvalue weighted by Crippen LogP contribution is 2.38. The maximum absolute atomic E-state index is 12.9. The maximum atomic E-state index is 12.9. The van der Waals surface area contributed by atoms with Crippen molar-refractivity contribution < 1.29 is 17.9 Å². The van der Waals surface area contributed by atoms with Crippen LogP contribution in [0, 0.1) is 12.8 Å². The molecule has 24 heavy (non-hydrogen) atoms. The van der Waals surface area contributed by atoms with Gasteiger partial charge in [-0.15, -0.1) is 5.73 Å². The Kier molecular flexibility index (Phi) is 4.52. The van der Waals surface area contributed by atoms with Crippen LogP contribution in [0.15, 0.2) is 47.2 Å². The molecule has 1 aromatic carbocycles. The van der Waals surface area contributed by atoms with E-state index in [-0.39, 0.29) is 16.5 Å². The van der Waals surface area contributed by atoms with Crippen molar-refractivity contribution in [2.45, 2.75) is 50.0 Å². The first-order valence-electron chi connectivity index (χ1n) is 8.17. The van der Waals surface area contributed by atoms with E-state index in [2.05, 4.69) is 12.3 Å². The average molecular weight is 347 g/mol. The quantitative estimate of drug-likeness (QED) is 0.781. The average Bonchev–Trinajstić information content (AvgIpc) is 2.93. The van der Waals surface area contributed by atoms with E-state index in [9.17, 15) is 13.2 Å². The van der Waals surface area contributed by atoms with E-state index in [4.69, 9.17) is 4.74 Å². The second kappa shape index (κ2) is 6.46. The van der Waals surface area contributed by atoms with Gasteiger partial charge in [0.05, 0.1) is 4.90 Å². The van der Waals surface area contributed by atoms with Gasteiger partial charge in [0, 0.05) is 5.92 Å². The van der Waals surface area contributed by atoms with E-state index >= 15 is 0 Å². The molecule has 1 aliphatic heterocycles. The molecule has 6 heteroatoms. The number of benzene rings is 1. The van der Waals surface area contributed by atoms with Crippen LogP contribution in [0.4, 0.5) is 4.79 Å². The number of hydrogen-bond donors (Lipinski definition) is 0. The van der Waals surface area contributed by atoms with Gasteiger partial charge in [-0.2, -0.15) is 4.31 Å². The van der Waals surface area contributed by atoms with Crippen molar-refractivity contribution in [1.29, 1.82) is 0 Å². The number of carbonyl (C=O) groups is 1. The molecule has 1 aromatic rings. The molecule has 2 fully saturated rings. The maximum Gasteiger partial charge on any atom is 0.429 e. The Labute approximate surface area is 142 Å². The second-order valence-corrected chi connectivity index (χ2v) is 8.13. The predicted octanol–water partition coefficient (Wildman–Crippen LogP) is 3.75. The van der Waals surface area contributed by atoms with Gasteiger partial charge in [0.15, 0.2) is 6.10 Å². The topological polar surface area (TPSA) is 63.7 Å². The van der Waals surface area contributed by atoms with Gasteiger partial charge in [0.25, 0.3) is 10.0 Å². The van der Waals surface area contributed by atoms with E-state index in [1.807, 2.05) is 6.92 Å². The van der Waals surface area contributed by atoms with Crippen LogP contribution < -0.4 is 0 Å². The fourth-order valence-corrected chi connectivity index (χ4v) is 4.76. The monoisotopic (exact) mass is 347 g/mol. The van der Waals surface area contributed by atoms with E-state index in [1.165, 1.54) is 12.1 Å². The zero-order valence-corrected chi connectivity index (χ0v) is 14.5. The second-order valence-electron chi connectivity index (χ2n) is 6.35. The van der Waals surface area contributed by atoms with Crippen LogP contribution in [0.1, 0.15) is 37.7 Å². The van der Waals surface area contributed by atoms with Crippen LogP contribution in [0.3, 0.4) is 0 Å². The molecule has 1 heterocycles. The smallest absolute Gasteiger partial charge is 0.429 e.